The molecule has 0 bridgehead atoms. The Morgan fingerprint density at radius 2 is 1.72 bits per heavy atom. The van der Waals surface area contributed by atoms with Gasteiger partial charge >= 0.3 is 0 Å². The third-order valence-electron chi connectivity index (χ3n) is 4.89. The van der Waals surface area contributed by atoms with E-state index in [9.17, 15) is 4.79 Å². The minimum Gasteiger partial charge on any atom is -0.397 e. The van der Waals surface area contributed by atoms with Crippen molar-refractivity contribution < 1.29 is 4.79 Å². The molecule has 2 aromatic heterocycles. The van der Waals surface area contributed by atoms with Gasteiger partial charge in [0.2, 0.25) is 5.78 Å². The quantitative estimate of drug-likeness (QED) is 0.508. The molecule has 0 atom stereocenters. The van der Waals surface area contributed by atoms with E-state index in [1.807, 2.05) is 63.2 Å². The molecule has 2 N–H and O–H groups in total. The van der Waals surface area contributed by atoms with Gasteiger partial charge in [0.25, 0.3) is 0 Å². The van der Waals surface area contributed by atoms with Crippen LogP contribution in [0.2, 0.25) is 0 Å². The molecule has 0 aliphatic rings. The van der Waals surface area contributed by atoms with Crippen molar-refractivity contribution in [3.8, 4) is 0 Å². The summed E-state index contributed by atoms with van der Waals surface area (Å²) in [7, 11) is 0. The SMILES string of the molecule is Cc1nc2sc(C(=O)c3ccc4ccccc4c3)c(N)c2c(C)c1C. The normalized spacial score (nSPS) is 11.3. The summed E-state index contributed by atoms with van der Waals surface area (Å²) in [5, 5.41) is 3.08. The monoisotopic (exact) mass is 346 g/mol. The van der Waals surface area contributed by atoms with E-state index >= 15 is 0 Å². The lowest BCUT2D eigenvalue weighted by Gasteiger charge is -2.06. The molecule has 0 radical (unpaired) electrons. The Balaban J connectivity index is 1.89. The first kappa shape index (κ1) is 15.8. The maximum absolute atomic E-state index is 13.1. The molecule has 2 aromatic carbocycles. The standard InChI is InChI=1S/C21H18N2OS/c1-11-12(2)17-18(22)20(25-21(17)23-13(11)3)19(24)16-9-8-14-6-4-5-7-15(14)10-16/h4-10H,22H2,1-3H3. The van der Waals surface area contributed by atoms with E-state index in [4.69, 9.17) is 5.73 Å². The topological polar surface area (TPSA) is 56.0 Å². The first-order valence-electron chi connectivity index (χ1n) is 8.16. The number of nitrogen functional groups attached to an aromatic ring is 1. The molecule has 0 aliphatic carbocycles. The molecule has 4 rings (SSSR count). The van der Waals surface area contributed by atoms with Gasteiger partial charge in [-0.1, -0.05) is 36.4 Å². The summed E-state index contributed by atoms with van der Waals surface area (Å²) in [6, 6.07) is 13.8. The predicted molar refractivity (Wildman–Crippen MR) is 106 cm³/mol. The van der Waals surface area contributed by atoms with Gasteiger partial charge < -0.3 is 5.73 Å². The Labute approximate surface area is 150 Å². The minimum atomic E-state index is -0.0408. The molecule has 0 saturated carbocycles. The number of fused-ring (bicyclic) bond motifs is 2. The van der Waals surface area contributed by atoms with Crippen molar-refractivity contribution in [2.24, 2.45) is 0 Å². The Kier molecular flexibility index (Phi) is 3.58. The van der Waals surface area contributed by atoms with E-state index in [2.05, 4.69) is 4.98 Å². The highest BCUT2D eigenvalue weighted by molar-refractivity contribution is 7.21. The Morgan fingerprint density at radius 3 is 2.48 bits per heavy atom. The van der Waals surface area contributed by atoms with Crippen LogP contribution in [0.1, 0.15) is 32.1 Å². The molecule has 0 amide bonds. The van der Waals surface area contributed by atoms with Crippen LogP contribution < -0.4 is 5.73 Å². The number of pyridine rings is 1. The zero-order chi connectivity index (χ0) is 17.7. The Hall–Kier alpha value is -2.72. The van der Waals surface area contributed by atoms with Crippen molar-refractivity contribution in [1.29, 1.82) is 0 Å². The molecule has 0 saturated heterocycles. The number of anilines is 1. The van der Waals surface area contributed by atoms with Crippen molar-refractivity contribution in [2.45, 2.75) is 20.8 Å². The highest BCUT2D eigenvalue weighted by Gasteiger charge is 2.21. The number of aryl methyl sites for hydroxylation is 2. The number of nitrogens with two attached hydrogens (primary N) is 1. The first-order valence-corrected chi connectivity index (χ1v) is 8.98. The molecular formula is C21H18N2OS. The van der Waals surface area contributed by atoms with Crippen molar-refractivity contribution >= 4 is 43.8 Å². The van der Waals surface area contributed by atoms with Crippen LogP contribution in [0.4, 0.5) is 5.69 Å². The van der Waals surface area contributed by atoms with Crippen LogP contribution in [0.15, 0.2) is 42.5 Å². The number of benzene rings is 2. The van der Waals surface area contributed by atoms with E-state index in [1.54, 1.807) is 0 Å². The van der Waals surface area contributed by atoms with E-state index in [1.165, 1.54) is 11.3 Å². The summed E-state index contributed by atoms with van der Waals surface area (Å²) < 4.78 is 0. The Bertz CT molecular complexity index is 1160. The van der Waals surface area contributed by atoms with Crippen molar-refractivity contribution in [3.05, 3.63) is 69.7 Å². The number of nitrogens with zero attached hydrogens (tertiary/aromatic N) is 1. The zero-order valence-corrected chi connectivity index (χ0v) is 15.2. The summed E-state index contributed by atoms with van der Waals surface area (Å²) >= 11 is 1.38. The van der Waals surface area contributed by atoms with Gasteiger partial charge in [-0.25, -0.2) is 4.98 Å². The maximum Gasteiger partial charge on any atom is 0.205 e. The van der Waals surface area contributed by atoms with Crippen LogP contribution in [-0.4, -0.2) is 10.8 Å². The van der Waals surface area contributed by atoms with Crippen LogP contribution in [0.25, 0.3) is 21.0 Å². The molecule has 4 heteroatoms. The second-order valence-corrected chi connectivity index (χ2v) is 7.36. The van der Waals surface area contributed by atoms with Gasteiger partial charge in [-0.15, -0.1) is 11.3 Å². The molecule has 0 unspecified atom stereocenters. The summed E-state index contributed by atoms with van der Waals surface area (Å²) in [6.45, 7) is 6.07. The largest absolute Gasteiger partial charge is 0.397 e. The molecule has 124 valence electrons. The van der Waals surface area contributed by atoms with Crippen LogP contribution in [0.5, 0.6) is 0 Å². The van der Waals surface area contributed by atoms with E-state index in [-0.39, 0.29) is 5.78 Å². The van der Waals surface area contributed by atoms with Gasteiger partial charge in [0, 0.05) is 16.6 Å². The van der Waals surface area contributed by atoms with Crippen molar-refractivity contribution in [2.75, 3.05) is 5.73 Å². The molecule has 2 heterocycles. The molecule has 3 nitrogen and oxygen atoms in total. The van der Waals surface area contributed by atoms with Gasteiger partial charge in [0.15, 0.2) is 0 Å². The summed E-state index contributed by atoms with van der Waals surface area (Å²) in [5.41, 5.74) is 10.8. The van der Waals surface area contributed by atoms with Crippen LogP contribution in [-0.2, 0) is 0 Å². The van der Waals surface area contributed by atoms with Gasteiger partial charge in [-0.05, 0) is 48.7 Å². The fourth-order valence-corrected chi connectivity index (χ4v) is 4.36. The third-order valence-corrected chi connectivity index (χ3v) is 5.99. The second-order valence-electron chi connectivity index (χ2n) is 6.36. The fraction of sp³-hybridized carbons (Fsp3) is 0.143. The van der Waals surface area contributed by atoms with Gasteiger partial charge in [0.05, 0.1) is 5.69 Å². The van der Waals surface area contributed by atoms with Gasteiger partial charge in [0.1, 0.15) is 9.71 Å². The molecule has 4 aromatic rings. The van der Waals surface area contributed by atoms with Gasteiger partial charge in [-0.3, -0.25) is 4.79 Å². The number of hydrogen-bond acceptors (Lipinski definition) is 4. The van der Waals surface area contributed by atoms with Gasteiger partial charge in [-0.2, -0.15) is 0 Å². The molecule has 0 spiro atoms. The van der Waals surface area contributed by atoms with Crippen molar-refractivity contribution in [1.82, 2.24) is 4.98 Å². The van der Waals surface area contributed by atoms with Crippen molar-refractivity contribution in [3.63, 3.8) is 0 Å². The number of ketones is 1. The first-order chi connectivity index (χ1) is 12.0. The summed E-state index contributed by atoms with van der Waals surface area (Å²) in [4.78, 5) is 19.1. The summed E-state index contributed by atoms with van der Waals surface area (Å²) in [6.07, 6.45) is 0. The lowest BCUT2D eigenvalue weighted by atomic mass is 10.0. The molecule has 0 aliphatic heterocycles. The minimum absolute atomic E-state index is 0.0408. The Morgan fingerprint density at radius 1 is 1.00 bits per heavy atom. The zero-order valence-electron chi connectivity index (χ0n) is 14.4. The number of hydrogen-bond donors (Lipinski definition) is 1. The lowest BCUT2D eigenvalue weighted by molar-refractivity contribution is 0.104. The number of thiophene rings is 1. The number of aromatic nitrogens is 1. The molecule has 25 heavy (non-hydrogen) atoms. The van der Waals surface area contributed by atoms with Crippen LogP contribution in [0, 0.1) is 20.8 Å². The third kappa shape index (κ3) is 2.41. The average molecular weight is 346 g/mol. The number of rotatable bonds is 2. The fourth-order valence-electron chi connectivity index (χ4n) is 3.20. The second kappa shape index (κ2) is 5.67. The highest BCUT2D eigenvalue weighted by atomic mass is 32.1. The lowest BCUT2D eigenvalue weighted by Crippen LogP contribution is -2.02. The van der Waals surface area contributed by atoms with E-state index < -0.39 is 0 Å². The highest BCUT2D eigenvalue weighted by Crippen LogP contribution is 2.37. The van der Waals surface area contributed by atoms with E-state index in [0.717, 1.165) is 37.8 Å². The maximum atomic E-state index is 13.1. The molecular weight excluding hydrogens is 328 g/mol. The number of carbonyl (C=O) groups excluding carboxylic acids is 1. The number of carbonyl (C=O) groups is 1. The predicted octanol–water partition coefficient (Wildman–Crippen LogP) is 5.19. The average Bonchev–Trinajstić information content (AvgIpc) is 2.95. The van der Waals surface area contributed by atoms with Crippen LogP contribution >= 0.6 is 11.3 Å². The molecule has 0 fully saturated rings. The van der Waals surface area contributed by atoms with Crippen LogP contribution in [0.3, 0.4) is 0 Å². The van der Waals surface area contributed by atoms with E-state index in [0.29, 0.717) is 16.1 Å². The smallest absolute Gasteiger partial charge is 0.205 e. The summed E-state index contributed by atoms with van der Waals surface area (Å²) in [5.74, 6) is -0.0408.